The molecule has 0 aromatic carbocycles. The fourth-order valence-corrected chi connectivity index (χ4v) is 2.15. The van der Waals surface area contributed by atoms with E-state index in [0.29, 0.717) is 6.42 Å². The molecule has 1 atom stereocenters. The third-order valence-corrected chi connectivity index (χ3v) is 3.51. The molecule has 4 nitrogen and oxygen atoms in total. The molecule has 0 amide bonds. The number of aliphatic hydroxyl groups excluding tert-OH is 1. The van der Waals surface area contributed by atoms with Crippen LogP contribution in [0.25, 0.3) is 0 Å². The van der Waals surface area contributed by atoms with Gasteiger partial charge in [-0.25, -0.2) is 4.98 Å². The minimum absolute atomic E-state index is 0.314. The Hall–Kier alpha value is -0.870. The third kappa shape index (κ3) is 1.79. The van der Waals surface area contributed by atoms with E-state index in [9.17, 15) is 5.11 Å². The molecule has 0 bridgehead atoms. The van der Waals surface area contributed by atoms with Crippen LogP contribution >= 0.6 is 0 Å². The van der Waals surface area contributed by atoms with E-state index in [4.69, 9.17) is 4.74 Å². The minimum Gasteiger partial charge on any atom is -0.390 e. The lowest BCUT2D eigenvalue weighted by atomic mass is 9.74. The van der Waals surface area contributed by atoms with Crippen LogP contribution < -0.4 is 0 Å². The molecule has 1 heterocycles. The molecular weight excluding hydrogens is 192 g/mol. The van der Waals surface area contributed by atoms with E-state index in [1.54, 1.807) is 13.3 Å². The van der Waals surface area contributed by atoms with Crippen molar-refractivity contribution in [2.75, 3.05) is 7.11 Å². The monoisotopic (exact) mass is 210 g/mol. The van der Waals surface area contributed by atoms with Crippen molar-refractivity contribution in [1.82, 2.24) is 9.55 Å². The summed E-state index contributed by atoms with van der Waals surface area (Å²) >= 11 is 0. The molecule has 1 aromatic heterocycles. The van der Waals surface area contributed by atoms with Gasteiger partial charge in [-0.3, -0.25) is 0 Å². The number of methoxy groups -OCH3 is 1. The van der Waals surface area contributed by atoms with Gasteiger partial charge in [-0.1, -0.05) is 0 Å². The Bertz CT molecular complexity index is 326. The maximum atomic E-state index is 10.1. The number of imidazole rings is 1. The highest BCUT2D eigenvalue weighted by atomic mass is 16.5. The van der Waals surface area contributed by atoms with Gasteiger partial charge in [0.1, 0.15) is 5.82 Å². The van der Waals surface area contributed by atoms with Crippen LogP contribution in [-0.2, 0) is 18.2 Å². The Morgan fingerprint density at radius 3 is 2.80 bits per heavy atom. The highest BCUT2D eigenvalue weighted by Crippen LogP contribution is 2.38. The van der Waals surface area contributed by atoms with E-state index < -0.39 is 6.10 Å². The van der Waals surface area contributed by atoms with Crippen molar-refractivity contribution < 1.29 is 9.84 Å². The average molecular weight is 210 g/mol. The Kier molecular flexibility index (Phi) is 2.80. The molecular formula is C11H18N2O2. The summed E-state index contributed by atoms with van der Waals surface area (Å²) in [6, 6.07) is 0. The highest BCUT2D eigenvalue weighted by molar-refractivity contribution is 5.02. The van der Waals surface area contributed by atoms with Crippen LogP contribution in [0, 0.1) is 0 Å². The number of aliphatic hydroxyl groups is 1. The summed E-state index contributed by atoms with van der Waals surface area (Å²) < 4.78 is 7.37. The topological polar surface area (TPSA) is 47.3 Å². The summed E-state index contributed by atoms with van der Waals surface area (Å²) in [7, 11) is 3.62. The van der Waals surface area contributed by atoms with Crippen molar-refractivity contribution in [2.24, 2.45) is 7.05 Å². The molecule has 1 fully saturated rings. The second-order valence-corrected chi connectivity index (χ2v) is 4.30. The molecule has 1 N–H and O–H groups in total. The predicted octanol–water partition coefficient (Wildman–Crippen LogP) is 0.893. The lowest BCUT2D eigenvalue weighted by Gasteiger charge is -2.44. The SMILES string of the molecule is COC1(C(O)Cc2nccn2C)CCC1. The van der Waals surface area contributed by atoms with E-state index in [1.807, 2.05) is 17.8 Å². The molecule has 84 valence electrons. The normalized spacial score (nSPS) is 21.0. The van der Waals surface area contributed by atoms with Crippen LogP contribution in [0.15, 0.2) is 12.4 Å². The van der Waals surface area contributed by atoms with Crippen molar-refractivity contribution in [3.8, 4) is 0 Å². The summed E-state index contributed by atoms with van der Waals surface area (Å²) in [5.74, 6) is 0.908. The number of hydrogen-bond acceptors (Lipinski definition) is 3. The Morgan fingerprint density at radius 1 is 1.67 bits per heavy atom. The fourth-order valence-electron chi connectivity index (χ4n) is 2.15. The van der Waals surface area contributed by atoms with Crippen LogP contribution in [0.4, 0.5) is 0 Å². The Morgan fingerprint density at radius 2 is 2.40 bits per heavy atom. The molecule has 2 rings (SSSR count). The van der Waals surface area contributed by atoms with Crippen molar-refractivity contribution in [1.29, 1.82) is 0 Å². The first-order valence-electron chi connectivity index (χ1n) is 5.37. The molecule has 1 saturated carbocycles. The van der Waals surface area contributed by atoms with Gasteiger partial charge in [-0.2, -0.15) is 0 Å². The number of aromatic nitrogens is 2. The van der Waals surface area contributed by atoms with E-state index in [1.165, 1.54) is 0 Å². The van der Waals surface area contributed by atoms with Gasteiger partial charge in [0.25, 0.3) is 0 Å². The van der Waals surface area contributed by atoms with Crippen molar-refractivity contribution >= 4 is 0 Å². The molecule has 0 saturated heterocycles. The van der Waals surface area contributed by atoms with Crippen molar-refractivity contribution in [2.45, 2.75) is 37.4 Å². The zero-order valence-electron chi connectivity index (χ0n) is 9.31. The standard InChI is InChI=1S/C11H18N2O2/c1-13-7-6-12-10(13)8-9(14)11(15-2)4-3-5-11/h6-7,9,14H,3-5,8H2,1-2H3. The summed E-state index contributed by atoms with van der Waals surface area (Å²) in [4.78, 5) is 4.21. The lowest BCUT2D eigenvalue weighted by molar-refractivity contribution is -0.149. The van der Waals surface area contributed by atoms with Gasteiger partial charge in [0.2, 0.25) is 0 Å². The number of rotatable bonds is 4. The van der Waals surface area contributed by atoms with Gasteiger partial charge in [0.15, 0.2) is 0 Å². The molecule has 4 heteroatoms. The summed E-state index contributed by atoms with van der Waals surface area (Å²) in [6.07, 6.45) is 6.81. The molecule has 1 aliphatic rings. The van der Waals surface area contributed by atoms with Gasteiger partial charge in [0, 0.05) is 33.0 Å². The first-order valence-corrected chi connectivity index (χ1v) is 5.37. The Balaban J connectivity index is 2.03. The second-order valence-electron chi connectivity index (χ2n) is 4.30. The van der Waals surface area contributed by atoms with E-state index in [-0.39, 0.29) is 5.60 Å². The third-order valence-electron chi connectivity index (χ3n) is 3.51. The van der Waals surface area contributed by atoms with Gasteiger partial charge >= 0.3 is 0 Å². The zero-order valence-corrected chi connectivity index (χ0v) is 9.31. The summed E-state index contributed by atoms with van der Waals surface area (Å²) in [5.41, 5.74) is -0.314. The smallest absolute Gasteiger partial charge is 0.111 e. The van der Waals surface area contributed by atoms with E-state index in [0.717, 1.165) is 25.1 Å². The van der Waals surface area contributed by atoms with E-state index in [2.05, 4.69) is 4.98 Å². The van der Waals surface area contributed by atoms with Crippen LogP contribution in [0.3, 0.4) is 0 Å². The van der Waals surface area contributed by atoms with Crippen LogP contribution in [-0.4, -0.2) is 33.5 Å². The molecule has 0 spiro atoms. The van der Waals surface area contributed by atoms with Crippen LogP contribution in [0.5, 0.6) is 0 Å². The van der Waals surface area contributed by atoms with Gasteiger partial charge < -0.3 is 14.4 Å². The van der Waals surface area contributed by atoms with Crippen molar-refractivity contribution in [3.05, 3.63) is 18.2 Å². The number of ether oxygens (including phenoxy) is 1. The molecule has 0 aliphatic heterocycles. The number of hydrogen-bond donors (Lipinski definition) is 1. The second kappa shape index (κ2) is 3.94. The maximum Gasteiger partial charge on any atom is 0.111 e. The van der Waals surface area contributed by atoms with Crippen LogP contribution in [0.2, 0.25) is 0 Å². The highest BCUT2D eigenvalue weighted by Gasteiger charge is 2.44. The molecule has 1 unspecified atom stereocenters. The first kappa shape index (κ1) is 10.6. The van der Waals surface area contributed by atoms with E-state index >= 15 is 0 Å². The number of nitrogens with zero attached hydrogens (tertiary/aromatic N) is 2. The minimum atomic E-state index is -0.447. The summed E-state index contributed by atoms with van der Waals surface area (Å²) in [5, 5.41) is 10.1. The first-order chi connectivity index (χ1) is 7.18. The van der Waals surface area contributed by atoms with Crippen LogP contribution in [0.1, 0.15) is 25.1 Å². The average Bonchev–Trinajstić information content (AvgIpc) is 2.51. The predicted molar refractivity (Wildman–Crippen MR) is 56.5 cm³/mol. The van der Waals surface area contributed by atoms with Gasteiger partial charge in [-0.05, 0) is 19.3 Å². The molecule has 1 aliphatic carbocycles. The van der Waals surface area contributed by atoms with Gasteiger partial charge in [0.05, 0.1) is 11.7 Å². The lowest BCUT2D eigenvalue weighted by Crippen LogP contribution is -2.51. The molecule has 1 aromatic rings. The fraction of sp³-hybridized carbons (Fsp3) is 0.727. The van der Waals surface area contributed by atoms with Gasteiger partial charge in [-0.15, -0.1) is 0 Å². The molecule has 15 heavy (non-hydrogen) atoms. The zero-order chi connectivity index (χ0) is 10.9. The van der Waals surface area contributed by atoms with Crippen molar-refractivity contribution in [3.63, 3.8) is 0 Å². The maximum absolute atomic E-state index is 10.1. The quantitative estimate of drug-likeness (QED) is 0.803. The summed E-state index contributed by atoms with van der Waals surface area (Å²) in [6.45, 7) is 0. The largest absolute Gasteiger partial charge is 0.390 e. The number of aryl methyl sites for hydroxylation is 1. The Labute approximate surface area is 89.9 Å². The molecule has 0 radical (unpaired) electrons.